The molecule has 3 heterocycles. The Balaban J connectivity index is 1.61. The fraction of sp³-hybridized carbons (Fsp3) is 0.833. The third-order valence-electron chi connectivity index (χ3n) is 3.54. The fourth-order valence-electron chi connectivity index (χ4n) is 2.52. The van der Waals surface area contributed by atoms with Crippen LogP contribution < -0.4 is 4.90 Å². The van der Waals surface area contributed by atoms with Crippen molar-refractivity contribution in [3.05, 3.63) is 5.82 Å². The number of anilines is 1. The van der Waals surface area contributed by atoms with Crippen molar-refractivity contribution in [1.82, 2.24) is 9.36 Å². The highest BCUT2D eigenvalue weighted by atomic mass is 32.1. The van der Waals surface area contributed by atoms with E-state index in [1.807, 2.05) is 0 Å². The van der Waals surface area contributed by atoms with E-state index in [9.17, 15) is 0 Å². The predicted octanol–water partition coefficient (Wildman–Crippen LogP) is 1.83. The minimum Gasteiger partial charge on any atom is -0.347 e. The molecule has 3 rings (SSSR count). The summed E-state index contributed by atoms with van der Waals surface area (Å²) in [6, 6.07) is 0. The van der Waals surface area contributed by atoms with Crippen molar-refractivity contribution in [2.24, 2.45) is 0 Å². The molecule has 1 spiro atoms. The quantitative estimate of drug-likeness (QED) is 0.838. The second kappa shape index (κ2) is 5.11. The lowest BCUT2D eigenvalue weighted by atomic mass is 10.0. The smallest absolute Gasteiger partial charge is 0.205 e. The van der Waals surface area contributed by atoms with Crippen LogP contribution in [0.5, 0.6) is 0 Å². The molecule has 1 aromatic heterocycles. The van der Waals surface area contributed by atoms with E-state index >= 15 is 0 Å². The number of hydrogen-bond donors (Lipinski definition) is 0. The summed E-state index contributed by atoms with van der Waals surface area (Å²) in [6.45, 7) is 5.51. The molecule has 0 bridgehead atoms. The van der Waals surface area contributed by atoms with Gasteiger partial charge in [-0.1, -0.05) is 6.92 Å². The van der Waals surface area contributed by atoms with Gasteiger partial charge < -0.3 is 14.4 Å². The van der Waals surface area contributed by atoms with E-state index in [1.165, 1.54) is 11.5 Å². The Morgan fingerprint density at radius 1 is 1.28 bits per heavy atom. The van der Waals surface area contributed by atoms with Gasteiger partial charge in [-0.3, -0.25) is 0 Å². The summed E-state index contributed by atoms with van der Waals surface area (Å²) < 4.78 is 15.9. The summed E-state index contributed by atoms with van der Waals surface area (Å²) in [5.74, 6) is 0.680. The second-order valence-corrected chi connectivity index (χ2v) is 5.57. The Morgan fingerprint density at radius 2 is 2.00 bits per heavy atom. The fourth-order valence-corrected chi connectivity index (χ4v) is 3.29. The Labute approximate surface area is 111 Å². The van der Waals surface area contributed by atoms with Gasteiger partial charge in [0.2, 0.25) is 5.13 Å². The summed E-state index contributed by atoms with van der Waals surface area (Å²) in [4.78, 5) is 6.89. The largest absolute Gasteiger partial charge is 0.347 e. The van der Waals surface area contributed by atoms with Gasteiger partial charge >= 0.3 is 0 Å². The average Bonchev–Trinajstić information content (AvgIpc) is 3.02. The number of nitrogens with zero attached hydrogens (tertiary/aromatic N) is 3. The van der Waals surface area contributed by atoms with Crippen LogP contribution in [0.25, 0.3) is 0 Å². The molecule has 2 saturated heterocycles. The molecular weight excluding hydrogens is 250 g/mol. The van der Waals surface area contributed by atoms with Crippen LogP contribution >= 0.6 is 11.5 Å². The lowest BCUT2D eigenvalue weighted by Crippen LogP contribution is -2.45. The van der Waals surface area contributed by atoms with Crippen LogP contribution in [0.4, 0.5) is 5.13 Å². The Kier molecular flexibility index (Phi) is 3.50. The van der Waals surface area contributed by atoms with Gasteiger partial charge in [-0.2, -0.15) is 4.37 Å². The van der Waals surface area contributed by atoms with Gasteiger partial charge in [0.15, 0.2) is 5.79 Å². The van der Waals surface area contributed by atoms with Gasteiger partial charge in [0.05, 0.1) is 13.2 Å². The molecule has 6 heteroatoms. The van der Waals surface area contributed by atoms with Crippen molar-refractivity contribution >= 4 is 16.7 Å². The van der Waals surface area contributed by atoms with Gasteiger partial charge in [-0.15, -0.1) is 0 Å². The zero-order valence-electron chi connectivity index (χ0n) is 10.7. The maximum Gasteiger partial charge on any atom is 0.205 e. The molecule has 100 valence electrons. The molecule has 0 aromatic carbocycles. The maximum absolute atomic E-state index is 5.73. The van der Waals surface area contributed by atoms with E-state index in [1.54, 1.807) is 0 Å². The molecule has 2 aliphatic heterocycles. The Morgan fingerprint density at radius 3 is 2.67 bits per heavy atom. The number of rotatable bonds is 3. The first-order valence-electron chi connectivity index (χ1n) is 6.67. The normalized spacial score (nSPS) is 22.8. The number of ether oxygens (including phenoxy) is 2. The summed E-state index contributed by atoms with van der Waals surface area (Å²) in [7, 11) is 0. The highest BCUT2D eigenvalue weighted by Crippen LogP contribution is 2.33. The van der Waals surface area contributed by atoms with E-state index < -0.39 is 0 Å². The monoisotopic (exact) mass is 269 g/mol. The maximum atomic E-state index is 5.73. The summed E-state index contributed by atoms with van der Waals surface area (Å²) in [5, 5.41) is 1.05. The van der Waals surface area contributed by atoms with Gasteiger partial charge in [0.1, 0.15) is 5.82 Å². The highest BCUT2D eigenvalue weighted by molar-refractivity contribution is 7.09. The third-order valence-corrected chi connectivity index (χ3v) is 4.36. The van der Waals surface area contributed by atoms with Crippen LogP contribution in [0.1, 0.15) is 32.0 Å². The number of hydrogen-bond acceptors (Lipinski definition) is 6. The van der Waals surface area contributed by atoms with Crippen molar-refractivity contribution in [3.8, 4) is 0 Å². The Bertz CT molecular complexity index is 394. The first-order chi connectivity index (χ1) is 8.81. The number of aromatic nitrogens is 2. The molecule has 0 amide bonds. The first kappa shape index (κ1) is 12.3. The molecule has 0 unspecified atom stereocenters. The molecule has 2 aliphatic rings. The molecule has 0 atom stereocenters. The number of aryl methyl sites for hydroxylation is 1. The van der Waals surface area contributed by atoms with Gasteiger partial charge in [0.25, 0.3) is 0 Å². The van der Waals surface area contributed by atoms with Crippen molar-refractivity contribution in [1.29, 1.82) is 0 Å². The zero-order valence-corrected chi connectivity index (χ0v) is 11.5. The molecule has 2 fully saturated rings. The van der Waals surface area contributed by atoms with Crippen molar-refractivity contribution < 1.29 is 9.47 Å². The first-order valence-corrected chi connectivity index (χ1v) is 7.44. The highest BCUT2D eigenvalue weighted by Gasteiger charge is 2.40. The van der Waals surface area contributed by atoms with Crippen LogP contribution in [0.15, 0.2) is 0 Å². The molecule has 0 radical (unpaired) electrons. The summed E-state index contributed by atoms with van der Waals surface area (Å²) in [6.07, 6.45) is 3.92. The van der Waals surface area contributed by atoms with E-state index in [0.29, 0.717) is 0 Å². The third kappa shape index (κ3) is 2.37. The van der Waals surface area contributed by atoms with Gasteiger partial charge in [0, 0.05) is 43.9 Å². The summed E-state index contributed by atoms with van der Waals surface area (Å²) >= 11 is 1.51. The van der Waals surface area contributed by atoms with Gasteiger partial charge in [-0.05, 0) is 6.42 Å². The van der Waals surface area contributed by atoms with Crippen molar-refractivity contribution in [2.75, 3.05) is 31.2 Å². The minimum atomic E-state index is -0.298. The lowest BCUT2D eigenvalue weighted by Gasteiger charge is -2.37. The number of piperidine rings is 1. The van der Waals surface area contributed by atoms with Crippen molar-refractivity contribution in [3.63, 3.8) is 0 Å². The zero-order chi connectivity index (χ0) is 12.4. The minimum absolute atomic E-state index is 0.298. The van der Waals surface area contributed by atoms with Gasteiger partial charge in [-0.25, -0.2) is 4.98 Å². The van der Waals surface area contributed by atoms with Crippen LogP contribution in [0.2, 0.25) is 0 Å². The van der Waals surface area contributed by atoms with E-state index in [-0.39, 0.29) is 5.79 Å². The SMILES string of the molecule is CCCc1nsc(N2CCC3(CC2)OCCO3)n1. The average molecular weight is 269 g/mol. The molecule has 18 heavy (non-hydrogen) atoms. The van der Waals surface area contributed by atoms with E-state index in [4.69, 9.17) is 9.47 Å². The van der Waals surface area contributed by atoms with Crippen molar-refractivity contribution in [2.45, 2.75) is 38.4 Å². The molecule has 0 aliphatic carbocycles. The molecule has 0 saturated carbocycles. The van der Waals surface area contributed by atoms with Crippen LogP contribution in [-0.4, -0.2) is 41.4 Å². The lowest BCUT2D eigenvalue weighted by molar-refractivity contribution is -0.169. The molecule has 0 N–H and O–H groups in total. The summed E-state index contributed by atoms with van der Waals surface area (Å²) in [5.41, 5.74) is 0. The standard InChI is InChI=1S/C12H19N3O2S/c1-2-3-10-13-11(18-14-10)15-6-4-12(5-7-15)16-8-9-17-12/h2-9H2,1H3. The second-order valence-electron chi connectivity index (χ2n) is 4.84. The molecule has 5 nitrogen and oxygen atoms in total. The van der Waals surface area contributed by atoms with Crippen LogP contribution in [0.3, 0.4) is 0 Å². The molecule has 1 aromatic rings. The Hall–Kier alpha value is -0.720. The van der Waals surface area contributed by atoms with E-state index in [2.05, 4.69) is 21.2 Å². The van der Waals surface area contributed by atoms with E-state index in [0.717, 1.165) is 62.9 Å². The topological polar surface area (TPSA) is 47.5 Å². The predicted molar refractivity (Wildman–Crippen MR) is 70.0 cm³/mol. The van der Waals surface area contributed by atoms with Crippen LogP contribution in [0, 0.1) is 0 Å². The molecular formula is C12H19N3O2S. The van der Waals surface area contributed by atoms with Crippen LogP contribution in [-0.2, 0) is 15.9 Å².